The first-order chi connectivity index (χ1) is 14.8. The number of aromatic nitrogens is 3. The standard InChI is InChI=1S/C21H15ClF3N3O2S/c1-11(19-18-14(22)9-31-20(18)28-10-27-19)12-3-4-15(16(7-12)29-2)30-17-8-13(5-6-26-17)21(23,24)25/h3-11H,1-2H3. The summed E-state index contributed by atoms with van der Waals surface area (Å²) in [5.74, 6) is 0.265. The van der Waals surface area contributed by atoms with Crippen LogP contribution in [0.3, 0.4) is 0 Å². The number of fused-ring (bicyclic) bond motifs is 1. The van der Waals surface area contributed by atoms with Gasteiger partial charge >= 0.3 is 6.18 Å². The van der Waals surface area contributed by atoms with Gasteiger partial charge in [-0.15, -0.1) is 11.3 Å². The van der Waals surface area contributed by atoms with Crippen LogP contribution in [0.15, 0.2) is 48.2 Å². The van der Waals surface area contributed by atoms with Gasteiger partial charge in [0.25, 0.3) is 0 Å². The third kappa shape index (κ3) is 4.28. The van der Waals surface area contributed by atoms with Crippen LogP contribution in [0.5, 0.6) is 17.4 Å². The highest BCUT2D eigenvalue weighted by atomic mass is 35.5. The van der Waals surface area contributed by atoms with Gasteiger partial charge in [0.15, 0.2) is 11.5 Å². The van der Waals surface area contributed by atoms with Crippen LogP contribution in [-0.2, 0) is 6.18 Å². The van der Waals surface area contributed by atoms with Crippen LogP contribution in [0.2, 0.25) is 5.02 Å². The van der Waals surface area contributed by atoms with Gasteiger partial charge in [0.2, 0.25) is 5.88 Å². The number of rotatable bonds is 5. The summed E-state index contributed by atoms with van der Waals surface area (Å²) in [5.41, 5.74) is 0.789. The number of nitrogens with zero attached hydrogens (tertiary/aromatic N) is 3. The molecular formula is C21H15ClF3N3O2S. The molecule has 160 valence electrons. The number of pyridine rings is 1. The maximum Gasteiger partial charge on any atom is 0.416 e. The highest BCUT2D eigenvalue weighted by molar-refractivity contribution is 7.17. The van der Waals surface area contributed by atoms with Crippen molar-refractivity contribution in [3.05, 3.63) is 70.1 Å². The third-order valence-corrected chi connectivity index (χ3v) is 6.04. The lowest BCUT2D eigenvalue weighted by Gasteiger charge is -2.16. The molecule has 0 fully saturated rings. The molecule has 0 aliphatic carbocycles. The summed E-state index contributed by atoms with van der Waals surface area (Å²) >= 11 is 7.77. The molecule has 4 rings (SSSR count). The zero-order valence-corrected chi connectivity index (χ0v) is 17.8. The summed E-state index contributed by atoms with van der Waals surface area (Å²) in [4.78, 5) is 13.3. The Morgan fingerprint density at radius 1 is 1.06 bits per heavy atom. The van der Waals surface area contributed by atoms with Gasteiger partial charge in [-0.2, -0.15) is 13.2 Å². The van der Waals surface area contributed by atoms with Crippen molar-refractivity contribution in [2.24, 2.45) is 0 Å². The van der Waals surface area contributed by atoms with Crippen molar-refractivity contribution in [1.29, 1.82) is 0 Å². The van der Waals surface area contributed by atoms with Crippen molar-refractivity contribution in [3.8, 4) is 17.4 Å². The van der Waals surface area contributed by atoms with Gasteiger partial charge < -0.3 is 9.47 Å². The first kappa shape index (κ1) is 21.3. The summed E-state index contributed by atoms with van der Waals surface area (Å²) < 4.78 is 49.8. The zero-order chi connectivity index (χ0) is 22.2. The van der Waals surface area contributed by atoms with Gasteiger partial charge in [-0.3, -0.25) is 0 Å². The molecule has 0 spiro atoms. The maximum atomic E-state index is 12.9. The lowest BCUT2D eigenvalue weighted by Crippen LogP contribution is -2.05. The molecule has 1 atom stereocenters. The molecule has 0 N–H and O–H groups in total. The smallest absolute Gasteiger partial charge is 0.416 e. The molecule has 0 saturated carbocycles. The van der Waals surface area contributed by atoms with E-state index in [1.165, 1.54) is 24.8 Å². The Balaban J connectivity index is 1.66. The molecule has 3 heterocycles. The van der Waals surface area contributed by atoms with E-state index in [1.807, 2.05) is 12.3 Å². The van der Waals surface area contributed by atoms with E-state index in [0.717, 1.165) is 39.8 Å². The van der Waals surface area contributed by atoms with E-state index in [9.17, 15) is 13.2 Å². The lowest BCUT2D eigenvalue weighted by atomic mass is 9.95. The summed E-state index contributed by atoms with van der Waals surface area (Å²) in [6.45, 7) is 1.97. The molecule has 10 heteroatoms. The number of hydrogen-bond acceptors (Lipinski definition) is 6. The molecule has 5 nitrogen and oxygen atoms in total. The van der Waals surface area contributed by atoms with E-state index in [0.29, 0.717) is 10.8 Å². The van der Waals surface area contributed by atoms with E-state index >= 15 is 0 Å². The predicted octanol–water partition coefficient (Wildman–Crippen LogP) is 6.71. The normalized spacial score (nSPS) is 12.7. The predicted molar refractivity (Wildman–Crippen MR) is 112 cm³/mol. The van der Waals surface area contributed by atoms with Crippen LogP contribution >= 0.6 is 22.9 Å². The summed E-state index contributed by atoms with van der Waals surface area (Å²) in [7, 11) is 1.45. The molecule has 1 aromatic carbocycles. The molecule has 3 aromatic heterocycles. The lowest BCUT2D eigenvalue weighted by molar-refractivity contribution is -0.137. The van der Waals surface area contributed by atoms with E-state index in [2.05, 4.69) is 15.0 Å². The minimum absolute atomic E-state index is 0.146. The Hall–Kier alpha value is -2.91. The maximum absolute atomic E-state index is 12.9. The second-order valence-corrected chi connectivity index (χ2v) is 7.90. The fourth-order valence-electron chi connectivity index (χ4n) is 3.14. The van der Waals surface area contributed by atoms with E-state index in [4.69, 9.17) is 21.1 Å². The fraction of sp³-hybridized carbons (Fsp3) is 0.190. The van der Waals surface area contributed by atoms with E-state index < -0.39 is 11.7 Å². The van der Waals surface area contributed by atoms with E-state index in [-0.39, 0.29) is 17.5 Å². The van der Waals surface area contributed by atoms with Crippen LogP contribution in [0.25, 0.3) is 10.2 Å². The van der Waals surface area contributed by atoms with Gasteiger partial charge in [-0.05, 0) is 23.8 Å². The van der Waals surface area contributed by atoms with Crippen molar-refractivity contribution in [3.63, 3.8) is 0 Å². The quantitative estimate of drug-likeness (QED) is 0.328. The highest BCUT2D eigenvalue weighted by Crippen LogP contribution is 2.39. The number of methoxy groups -OCH3 is 1. The number of ether oxygens (including phenoxy) is 2. The van der Waals surface area contributed by atoms with Gasteiger partial charge in [0, 0.05) is 23.6 Å². The molecule has 0 aliphatic rings. The van der Waals surface area contributed by atoms with Crippen LogP contribution in [0.1, 0.15) is 29.7 Å². The minimum atomic E-state index is -4.49. The van der Waals surface area contributed by atoms with Crippen LogP contribution in [0, 0.1) is 0 Å². The Morgan fingerprint density at radius 2 is 1.87 bits per heavy atom. The van der Waals surface area contributed by atoms with Crippen molar-refractivity contribution in [2.75, 3.05) is 7.11 Å². The molecular weight excluding hydrogens is 451 g/mol. The van der Waals surface area contributed by atoms with Crippen LogP contribution in [-0.4, -0.2) is 22.1 Å². The van der Waals surface area contributed by atoms with Crippen molar-refractivity contribution in [1.82, 2.24) is 15.0 Å². The highest BCUT2D eigenvalue weighted by Gasteiger charge is 2.31. The Labute approximate surface area is 184 Å². The number of benzene rings is 1. The first-order valence-electron chi connectivity index (χ1n) is 9.04. The van der Waals surface area contributed by atoms with Gasteiger partial charge in [-0.1, -0.05) is 24.6 Å². The Kier molecular flexibility index (Phi) is 5.72. The minimum Gasteiger partial charge on any atom is -0.493 e. The van der Waals surface area contributed by atoms with Crippen molar-refractivity contribution >= 4 is 33.2 Å². The average Bonchev–Trinajstić information content (AvgIpc) is 3.14. The fourth-order valence-corrected chi connectivity index (χ4v) is 4.29. The number of alkyl halides is 3. The average molecular weight is 466 g/mol. The molecule has 0 saturated heterocycles. The van der Waals surface area contributed by atoms with Crippen LogP contribution < -0.4 is 9.47 Å². The van der Waals surface area contributed by atoms with Crippen molar-refractivity contribution < 1.29 is 22.6 Å². The molecule has 31 heavy (non-hydrogen) atoms. The first-order valence-corrected chi connectivity index (χ1v) is 10.3. The molecule has 0 amide bonds. The Bertz CT molecular complexity index is 1250. The number of thiophene rings is 1. The van der Waals surface area contributed by atoms with Crippen LogP contribution in [0.4, 0.5) is 13.2 Å². The molecule has 1 unspecified atom stereocenters. The van der Waals surface area contributed by atoms with E-state index in [1.54, 1.807) is 18.2 Å². The Morgan fingerprint density at radius 3 is 2.61 bits per heavy atom. The number of halogens is 4. The molecule has 0 aliphatic heterocycles. The zero-order valence-electron chi connectivity index (χ0n) is 16.3. The topological polar surface area (TPSA) is 57.1 Å². The summed E-state index contributed by atoms with van der Waals surface area (Å²) in [6.07, 6.45) is -1.95. The summed E-state index contributed by atoms with van der Waals surface area (Å²) in [5, 5.41) is 3.20. The third-order valence-electron chi connectivity index (χ3n) is 4.73. The second kappa shape index (κ2) is 8.32. The SMILES string of the molecule is COc1cc(C(C)c2ncnc3scc(Cl)c23)ccc1Oc1cc(C(F)(F)F)ccn1. The summed E-state index contributed by atoms with van der Waals surface area (Å²) in [6, 6.07) is 6.89. The molecule has 0 radical (unpaired) electrons. The largest absolute Gasteiger partial charge is 0.493 e. The monoisotopic (exact) mass is 465 g/mol. The van der Waals surface area contributed by atoms with Gasteiger partial charge in [0.05, 0.1) is 28.8 Å². The molecule has 0 bridgehead atoms. The number of hydrogen-bond donors (Lipinski definition) is 0. The van der Waals surface area contributed by atoms with Crippen molar-refractivity contribution in [2.45, 2.75) is 19.0 Å². The second-order valence-electron chi connectivity index (χ2n) is 6.64. The van der Waals surface area contributed by atoms with Gasteiger partial charge in [0.1, 0.15) is 11.2 Å². The van der Waals surface area contributed by atoms with Gasteiger partial charge in [-0.25, -0.2) is 15.0 Å². The molecule has 4 aromatic rings.